The average molecular weight is 337 g/mol. The number of hydrogen-bond donors (Lipinski definition) is 1. The molecule has 0 bridgehead atoms. The van der Waals surface area contributed by atoms with Crippen molar-refractivity contribution in [2.75, 3.05) is 7.11 Å². The fraction of sp³-hybridized carbons (Fsp3) is 0.0625. The Morgan fingerprint density at radius 2 is 2.09 bits per heavy atom. The van der Waals surface area contributed by atoms with Gasteiger partial charge in [0.05, 0.1) is 12.1 Å². The minimum atomic E-state index is -1.07. The van der Waals surface area contributed by atoms with Crippen LogP contribution in [0.3, 0.4) is 0 Å². The summed E-state index contributed by atoms with van der Waals surface area (Å²) in [5, 5.41) is 10.4. The van der Waals surface area contributed by atoms with E-state index in [1.165, 1.54) is 19.2 Å². The van der Waals surface area contributed by atoms with E-state index in [0.717, 1.165) is 11.3 Å². The van der Waals surface area contributed by atoms with E-state index >= 15 is 0 Å². The van der Waals surface area contributed by atoms with Gasteiger partial charge in [-0.05, 0) is 24.3 Å². The summed E-state index contributed by atoms with van der Waals surface area (Å²) in [7, 11) is 1.49. The second kappa shape index (κ2) is 5.59. The van der Waals surface area contributed by atoms with E-state index in [2.05, 4.69) is 0 Å². The number of aromatic carboxylic acids is 1. The Balaban J connectivity index is 2.39. The van der Waals surface area contributed by atoms with Crippen LogP contribution < -0.4 is 4.74 Å². The van der Waals surface area contributed by atoms with Gasteiger partial charge in [0, 0.05) is 21.2 Å². The van der Waals surface area contributed by atoms with Crippen LogP contribution in [0, 0.1) is 5.82 Å². The molecule has 1 heterocycles. The van der Waals surface area contributed by atoms with Crippen molar-refractivity contribution in [3.63, 3.8) is 0 Å². The number of rotatable bonds is 3. The molecule has 0 aliphatic heterocycles. The number of hydrogen-bond acceptors (Lipinski definition) is 3. The van der Waals surface area contributed by atoms with E-state index in [9.17, 15) is 14.3 Å². The Morgan fingerprint density at radius 3 is 2.77 bits per heavy atom. The molecular formula is C16H10ClFO3S. The van der Waals surface area contributed by atoms with Crippen LogP contribution in [0.4, 0.5) is 4.39 Å². The maximum atomic E-state index is 13.4. The van der Waals surface area contributed by atoms with Gasteiger partial charge < -0.3 is 9.84 Å². The van der Waals surface area contributed by atoms with Crippen LogP contribution in [0.15, 0.2) is 36.4 Å². The molecule has 0 unspecified atom stereocenters. The van der Waals surface area contributed by atoms with E-state index in [1.54, 1.807) is 24.3 Å². The van der Waals surface area contributed by atoms with Crippen molar-refractivity contribution in [2.24, 2.45) is 0 Å². The highest BCUT2D eigenvalue weighted by molar-refractivity contribution is 7.21. The van der Waals surface area contributed by atoms with Crippen LogP contribution in [-0.2, 0) is 0 Å². The van der Waals surface area contributed by atoms with Gasteiger partial charge in [-0.3, -0.25) is 0 Å². The molecular weight excluding hydrogens is 327 g/mol. The first kappa shape index (κ1) is 14.8. The minimum absolute atomic E-state index is 0.121. The predicted molar refractivity (Wildman–Crippen MR) is 85.7 cm³/mol. The molecule has 0 aliphatic carbocycles. The molecule has 1 N–H and O–H groups in total. The molecule has 0 saturated carbocycles. The van der Waals surface area contributed by atoms with Crippen molar-refractivity contribution < 1.29 is 19.0 Å². The van der Waals surface area contributed by atoms with E-state index in [4.69, 9.17) is 16.3 Å². The molecule has 2 aromatic carbocycles. The first-order valence-corrected chi connectivity index (χ1v) is 7.50. The molecule has 0 spiro atoms. The number of thiophene rings is 1. The standard InChI is InChI=1S/C16H10ClFO3S/c1-21-11-4-2-3-10(14(11)17)13-9-6-5-8(18)7-12(9)22-15(13)16(19)20/h2-7H,1H3,(H,19,20). The van der Waals surface area contributed by atoms with E-state index < -0.39 is 11.8 Å². The van der Waals surface area contributed by atoms with E-state index in [0.29, 0.717) is 32.0 Å². The fourth-order valence-electron chi connectivity index (χ4n) is 2.35. The lowest BCUT2D eigenvalue weighted by molar-refractivity contribution is 0.0703. The number of carboxylic acid groups (broad SMARTS) is 1. The van der Waals surface area contributed by atoms with Gasteiger partial charge in [-0.25, -0.2) is 9.18 Å². The summed E-state index contributed by atoms with van der Waals surface area (Å²) in [5.74, 6) is -1.03. The predicted octanol–water partition coefficient (Wildman–Crippen LogP) is 5.07. The quantitative estimate of drug-likeness (QED) is 0.726. The van der Waals surface area contributed by atoms with Gasteiger partial charge in [0.25, 0.3) is 0 Å². The normalized spacial score (nSPS) is 10.9. The molecule has 3 rings (SSSR count). The van der Waals surface area contributed by atoms with E-state index in [-0.39, 0.29) is 4.88 Å². The van der Waals surface area contributed by atoms with Gasteiger partial charge >= 0.3 is 5.97 Å². The van der Waals surface area contributed by atoms with Crippen LogP contribution in [0.5, 0.6) is 5.75 Å². The fourth-order valence-corrected chi connectivity index (χ4v) is 3.73. The van der Waals surface area contributed by atoms with Gasteiger partial charge in [-0.1, -0.05) is 23.7 Å². The summed E-state index contributed by atoms with van der Waals surface area (Å²) in [6.07, 6.45) is 0. The summed E-state index contributed by atoms with van der Waals surface area (Å²) in [6.45, 7) is 0. The number of carboxylic acids is 1. The third-order valence-corrected chi connectivity index (χ3v) is 4.83. The Hall–Kier alpha value is -2.11. The summed E-state index contributed by atoms with van der Waals surface area (Å²) >= 11 is 7.35. The first-order chi connectivity index (χ1) is 10.5. The highest BCUT2D eigenvalue weighted by atomic mass is 35.5. The number of ether oxygens (including phenoxy) is 1. The molecule has 1 aromatic heterocycles. The molecule has 0 fully saturated rings. The summed E-state index contributed by atoms with van der Waals surface area (Å²) in [6, 6.07) is 9.35. The van der Waals surface area contributed by atoms with Gasteiger partial charge in [0.1, 0.15) is 16.4 Å². The Morgan fingerprint density at radius 1 is 1.32 bits per heavy atom. The highest BCUT2D eigenvalue weighted by Crippen LogP contribution is 2.44. The zero-order chi connectivity index (χ0) is 15.9. The third-order valence-electron chi connectivity index (χ3n) is 3.30. The maximum Gasteiger partial charge on any atom is 0.346 e. The summed E-state index contributed by atoms with van der Waals surface area (Å²) in [4.78, 5) is 11.7. The second-order valence-electron chi connectivity index (χ2n) is 4.57. The monoisotopic (exact) mass is 336 g/mol. The first-order valence-electron chi connectivity index (χ1n) is 6.31. The molecule has 22 heavy (non-hydrogen) atoms. The molecule has 0 saturated heterocycles. The second-order valence-corrected chi connectivity index (χ2v) is 6.00. The van der Waals surface area contributed by atoms with Gasteiger partial charge in [-0.2, -0.15) is 0 Å². The molecule has 0 atom stereocenters. The summed E-state index contributed by atoms with van der Waals surface area (Å²) in [5.41, 5.74) is 1.03. The lowest BCUT2D eigenvalue weighted by atomic mass is 10.0. The topological polar surface area (TPSA) is 46.5 Å². The van der Waals surface area contributed by atoms with Crippen molar-refractivity contribution in [3.05, 3.63) is 52.1 Å². The minimum Gasteiger partial charge on any atom is -0.495 e. The lowest BCUT2D eigenvalue weighted by Gasteiger charge is -2.09. The van der Waals surface area contributed by atoms with Crippen molar-refractivity contribution in [1.82, 2.24) is 0 Å². The number of benzene rings is 2. The molecule has 0 amide bonds. The molecule has 3 nitrogen and oxygen atoms in total. The number of halogens is 2. The van der Waals surface area contributed by atoms with Crippen LogP contribution in [0.2, 0.25) is 5.02 Å². The van der Waals surface area contributed by atoms with Crippen molar-refractivity contribution >= 4 is 39.0 Å². The third kappa shape index (κ3) is 2.32. The van der Waals surface area contributed by atoms with Crippen LogP contribution in [-0.4, -0.2) is 18.2 Å². The number of fused-ring (bicyclic) bond motifs is 1. The van der Waals surface area contributed by atoms with Crippen molar-refractivity contribution in [1.29, 1.82) is 0 Å². The number of carbonyl (C=O) groups is 1. The largest absolute Gasteiger partial charge is 0.495 e. The number of methoxy groups -OCH3 is 1. The zero-order valence-electron chi connectivity index (χ0n) is 11.4. The van der Waals surface area contributed by atoms with Crippen molar-refractivity contribution in [3.8, 4) is 16.9 Å². The zero-order valence-corrected chi connectivity index (χ0v) is 13.0. The highest BCUT2D eigenvalue weighted by Gasteiger charge is 2.22. The Kier molecular flexibility index (Phi) is 3.76. The smallest absolute Gasteiger partial charge is 0.346 e. The Bertz CT molecular complexity index is 888. The molecule has 3 aromatic rings. The van der Waals surface area contributed by atoms with E-state index in [1.807, 2.05) is 0 Å². The van der Waals surface area contributed by atoms with Crippen LogP contribution in [0.1, 0.15) is 9.67 Å². The van der Waals surface area contributed by atoms with Gasteiger partial charge in [0.2, 0.25) is 0 Å². The molecule has 6 heteroatoms. The van der Waals surface area contributed by atoms with Crippen LogP contribution in [0.25, 0.3) is 21.2 Å². The SMILES string of the molecule is COc1cccc(-c2c(C(=O)O)sc3cc(F)ccc23)c1Cl. The lowest BCUT2D eigenvalue weighted by Crippen LogP contribution is -1.95. The Labute approximate surface area is 134 Å². The van der Waals surface area contributed by atoms with Gasteiger partial charge in [0.15, 0.2) is 0 Å². The average Bonchev–Trinajstić information content (AvgIpc) is 2.86. The summed E-state index contributed by atoms with van der Waals surface area (Å²) < 4.78 is 19.1. The maximum absolute atomic E-state index is 13.4. The van der Waals surface area contributed by atoms with Gasteiger partial charge in [-0.15, -0.1) is 11.3 Å². The van der Waals surface area contributed by atoms with Crippen LogP contribution >= 0.6 is 22.9 Å². The molecule has 0 aliphatic rings. The van der Waals surface area contributed by atoms with Crippen molar-refractivity contribution in [2.45, 2.75) is 0 Å². The molecule has 0 radical (unpaired) electrons. The molecule has 112 valence electrons.